The van der Waals surface area contributed by atoms with E-state index in [1.54, 1.807) is 0 Å². The molecule has 0 bridgehead atoms. The number of nitro benzene ring substituents is 1. The fourth-order valence-electron chi connectivity index (χ4n) is 1.14. The van der Waals surface area contributed by atoms with Crippen LogP contribution in [0.4, 0.5) is 10.1 Å². The molecule has 16 heavy (non-hydrogen) atoms. The average molecular weight is 248 g/mol. The highest BCUT2D eigenvalue weighted by Gasteiger charge is 2.19. The van der Waals surface area contributed by atoms with E-state index in [1.165, 1.54) is 6.07 Å². The Hall–Kier alpha value is -1.69. The van der Waals surface area contributed by atoms with Crippen LogP contribution in [-0.4, -0.2) is 16.0 Å². The number of hydrogen-bond donors (Lipinski definition) is 1. The maximum absolute atomic E-state index is 12.9. The first-order chi connectivity index (χ1) is 7.41. The van der Waals surface area contributed by atoms with E-state index in [0.717, 1.165) is 12.1 Å². The Kier molecular flexibility index (Phi) is 3.78. The van der Waals surface area contributed by atoms with Crippen molar-refractivity contribution in [2.75, 3.05) is 0 Å². The number of hydrogen-bond acceptors (Lipinski definition) is 3. The molecule has 1 aromatic carbocycles. The first-order valence-electron chi connectivity index (χ1n) is 4.21. The Morgan fingerprint density at radius 1 is 1.62 bits per heavy atom. The first kappa shape index (κ1) is 12.4. The van der Waals surface area contributed by atoms with Gasteiger partial charge in [0.1, 0.15) is 0 Å². The molecular formula is C9H7ClFNO4. The van der Waals surface area contributed by atoms with Crippen molar-refractivity contribution in [1.29, 1.82) is 0 Å². The van der Waals surface area contributed by atoms with Crippen molar-refractivity contribution >= 4 is 23.3 Å². The van der Waals surface area contributed by atoms with E-state index in [-0.39, 0.29) is 12.0 Å². The fourth-order valence-corrected chi connectivity index (χ4v) is 1.40. The molecule has 0 aromatic heterocycles. The second kappa shape index (κ2) is 4.89. The van der Waals surface area contributed by atoms with Gasteiger partial charge in [-0.15, -0.1) is 11.6 Å². The second-order valence-electron chi connectivity index (χ2n) is 3.03. The maximum atomic E-state index is 12.9. The molecule has 7 heteroatoms. The van der Waals surface area contributed by atoms with E-state index in [9.17, 15) is 19.3 Å². The summed E-state index contributed by atoms with van der Waals surface area (Å²) in [6.07, 6.45) is -0.385. The fraction of sp³-hybridized carbons (Fsp3) is 0.222. The molecule has 0 aliphatic heterocycles. The van der Waals surface area contributed by atoms with Crippen molar-refractivity contribution in [3.8, 4) is 0 Å². The molecule has 1 atom stereocenters. The molecular weight excluding hydrogens is 241 g/mol. The van der Waals surface area contributed by atoms with Gasteiger partial charge in [-0.2, -0.15) is 4.39 Å². The van der Waals surface area contributed by atoms with Crippen molar-refractivity contribution in [2.24, 2.45) is 0 Å². The second-order valence-corrected chi connectivity index (χ2v) is 3.56. The van der Waals surface area contributed by atoms with E-state index in [4.69, 9.17) is 16.7 Å². The molecule has 0 spiro atoms. The lowest BCUT2D eigenvalue weighted by Crippen LogP contribution is -2.02. The minimum Gasteiger partial charge on any atom is -0.481 e. The van der Waals surface area contributed by atoms with Gasteiger partial charge in [0.05, 0.1) is 16.7 Å². The van der Waals surface area contributed by atoms with E-state index < -0.39 is 27.8 Å². The van der Waals surface area contributed by atoms with Crippen LogP contribution in [0.1, 0.15) is 17.4 Å². The molecule has 86 valence electrons. The Morgan fingerprint density at radius 3 is 2.75 bits per heavy atom. The summed E-state index contributed by atoms with van der Waals surface area (Å²) in [5, 5.41) is 18.0. The summed E-state index contributed by atoms with van der Waals surface area (Å²) < 4.78 is 12.9. The van der Waals surface area contributed by atoms with Gasteiger partial charge in [0, 0.05) is 6.07 Å². The van der Waals surface area contributed by atoms with Crippen molar-refractivity contribution in [3.63, 3.8) is 0 Å². The molecule has 0 heterocycles. The van der Waals surface area contributed by atoms with Crippen molar-refractivity contribution in [1.82, 2.24) is 0 Å². The minimum atomic E-state index is -1.13. The molecule has 0 radical (unpaired) electrons. The lowest BCUT2D eigenvalue weighted by atomic mass is 10.1. The number of rotatable bonds is 4. The van der Waals surface area contributed by atoms with Crippen LogP contribution in [0.25, 0.3) is 0 Å². The molecule has 0 amide bonds. The third kappa shape index (κ3) is 2.90. The summed E-state index contributed by atoms with van der Waals surface area (Å²) in [5.74, 6) is -2.11. The third-order valence-corrected chi connectivity index (χ3v) is 2.29. The number of benzene rings is 1. The van der Waals surface area contributed by atoms with Gasteiger partial charge < -0.3 is 5.11 Å². The molecule has 0 fully saturated rings. The highest BCUT2D eigenvalue weighted by molar-refractivity contribution is 6.21. The normalized spacial score (nSPS) is 12.1. The highest BCUT2D eigenvalue weighted by atomic mass is 35.5. The lowest BCUT2D eigenvalue weighted by molar-refractivity contribution is -0.387. The van der Waals surface area contributed by atoms with Gasteiger partial charge in [-0.3, -0.25) is 14.9 Å². The van der Waals surface area contributed by atoms with Crippen LogP contribution in [0.2, 0.25) is 0 Å². The first-order valence-corrected chi connectivity index (χ1v) is 4.65. The zero-order valence-corrected chi connectivity index (χ0v) is 8.65. The Morgan fingerprint density at radius 2 is 2.25 bits per heavy atom. The molecule has 5 nitrogen and oxygen atoms in total. The molecule has 1 aromatic rings. The molecule has 0 saturated carbocycles. The topological polar surface area (TPSA) is 80.4 Å². The van der Waals surface area contributed by atoms with Crippen LogP contribution in [-0.2, 0) is 4.79 Å². The van der Waals surface area contributed by atoms with Crippen LogP contribution < -0.4 is 0 Å². The van der Waals surface area contributed by atoms with Gasteiger partial charge in [-0.1, -0.05) is 6.07 Å². The van der Waals surface area contributed by atoms with E-state index in [0.29, 0.717) is 0 Å². The number of alkyl halides is 1. The summed E-state index contributed by atoms with van der Waals surface area (Å²) >= 11 is 5.70. The number of nitrogens with zero attached hydrogens (tertiary/aromatic N) is 1. The van der Waals surface area contributed by atoms with Crippen LogP contribution in [0, 0.1) is 15.9 Å². The molecule has 0 aliphatic carbocycles. The molecule has 1 N–H and O–H groups in total. The number of nitro groups is 1. The van der Waals surface area contributed by atoms with Gasteiger partial charge >= 0.3 is 11.7 Å². The zero-order chi connectivity index (χ0) is 12.3. The van der Waals surface area contributed by atoms with Crippen molar-refractivity contribution < 1.29 is 19.2 Å². The van der Waals surface area contributed by atoms with Gasteiger partial charge in [0.25, 0.3) is 0 Å². The van der Waals surface area contributed by atoms with Gasteiger partial charge in [0.2, 0.25) is 5.82 Å². The van der Waals surface area contributed by atoms with Gasteiger partial charge in [-0.05, 0) is 11.6 Å². The standard InChI is InChI=1S/C9H7ClFNO4/c10-6(4-9(13)14)5-1-2-7(11)8(3-5)12(15)16/h1-3,6H,4H2,(H,13,14). The van der Waals surface area contributed by atoms with Gasteiger partial charge in [-0.25, -0.2) is 0 Å². The molecule has 0 aliphatic rings. The van der Waals surface area contributed by atoms with Crippen molar-refractivity contribution in [2.45, 2.75) is 11.8 Å². The summed E-state index contributed by atoms with van der Waals surface area (Å²) in [5.41, 5.74) is -0.509. The van der Waals surface area contributed by atoms with E-state index in [2.05, 4.69) is 0 Å². The van der Waals surface area contributed by atoms with Crippen LogP contribution in [0.15, 0.2) is 18.2 Å². The highest BCUT2D eigenvalue weighted by Crippen LogP contribution is 2.28. The quantitative estimate of drug-likeness (QED) is 0.503. The SMILES string of the molecule is O=C(O)CC(Cl)c1ccc(F)c([N+](=O)[O-])c1. The number of aliphatic carboxylic acids is 1. The summed E-state index contributed by atoms with van der Waals surface area (Å²) in [6, 6.07) is 3.06. The predicted molar refractivity (Wildman–Crippen MR) is 53.9 cm³/mol. The smallest absolute Gasteiger partial charge is 0.305 e. The maximum Gasteiger partial charge on any atom is 0.305 e. The number of carboxylic acid groups (broad SMARTS) is 1. The third-order valence-electron chi connectivity index (χ3n) is 1.88. The van der Waals surface area contributed by atoms with E-state index in [1.807, 2.05) is 0 Å². The van der Waals surface area contributed by atoms with Crippen LogP contribution in [0.3, 0.4) is 0 Å². The summed E-state index contributed by atoms with van der Waals surface area (Å²) in [4.78, 5) is 19.9. The van der Waals surface area contributed by atoms with Crippen LogP contribution in [0.5, 0.6) is 0 Å². The summed E-state index contributed by atoms with van der Waals surface area (Å²) in [7, 11) is 0. The Labute approximate surface area is 94.6 Å². The number of carbonyl (C=O) groups is 1. The van der Waals surface area contributed by atoms with Gasteiger partial charge in [0.15, 0.2) is 0 Å². The molecule has 1 rings (SSSR count). The van der Waals surface area contributed by atoms with Crippen LogP contribution >= 0.6 is 11.6 Å². The number of carboxylic acids is 1. The minimum absolute atomic E-state index is 0.206. The monoisotopic (exact) mass is 247 g/mol. The Bertz CT molecular complexity index is 438. The largest absolute Gasteiger partial charge is 0.481 e. The van der Waals surface area contributed by atoms with E-state index >= 15 is 0 Å². The predicted octanol–water partition coefficient (Wildman–Crippen LogP) is 2.49. The lowest BCUT2D eigenvalue weighted by Gasteiger charge is -2.06. The Balaban J connectivity index is 3.02. The number of halogens is 2. The zero-order valence-electron chi connectivity index (χ0n) is 7.89. The average Bonchev–Trinajstić information content (AvgIpc) is 2.16. The molecule has 1 unspecified atom stereocenters. The van der Waals surface area contributed by atoms with Crippen molar-refractivity contribution in [3.05, 3.63) is 39.7 Å². The molecule has 0 saturated heterocycles. The summed E-state index contributed by atoms with van der Waals surface area (Å²) in [6.45, 7) is 0.